The molecule has 0 aliphatic carbocycles. The van der Waals surface area contributed by atoms with E-state index in [1.54, 1.807) is 6.08 Å². The van der Waals surface area contributed by atoms with Crippen molar-refractivity contribution in [3.63, 3.8) is 0 Å². The van der Waals surface area contributed by atoms with Crippen molar-refractivity contribution in [1.82, 2.24) is 0 Å². The highest BCUT2D eigenvalue weighted by Gasteiger charge is 2.19. The summed E-state index contributed by atoms with van der Waals surface area (Å²) in [5.41, 5.74) is 2.78. The van der Waals surface area contributed by atoms with E-state index in [1.807, 2.05) is 13.0 Å². The van der Waals surface area contributed by atoms with Gasteiger partial charge in [-0.05, 0) is 73.7 Å². The molecule has 4 aliphatic heterocycles. The average Bonchev–Trinajstić information content (AvgIpc) is 2.93. The zero-order valence-electron chi connectivity index (χ0n) is 23.2. The second-order valence-corrected chi connectivity index (χ2v) is 11.7. The number of aromatic hydroxyl groups is 6. The maximum atomic E-state index is 10.7. The number of allylic oxidation sites excluding steroid dienone is 4. The van der Waals surface area contributed by atoms with Gasteiger partial charge in [-0.2, -0.15) is 0 Å². The summed E-state index contributed by atoms with van der Waals surface area (Å²) >= 11 is 19.1. The summed E-state index contributed by atoms with van der Waals surface area (Å²) in [4.78, 5) is 0. The van der Waals surface area contributed by atoms with Gasteiger partial charge >= 0.3 is 0 Å². The van der Waals surface area contributed by atoms with Crippen molar-refractivity contribution in [3.8, 4) is 57.5 Å². The maximum Gasteiger partial charge on any atom is 0.210 e. The highest BCUT2D eigenvalue weighted by atomic mass is 35.5. The lowest BCUT2D eigenvalue weighted by molar-refractivity contribution is 0.374. The summed E-state index contributed by atoms with van der Waals surface area (Å²) in [5.74, 6) is -1.78. The van der Waals surface area contributed by atoms with Crippen LogP contribution in [-0.4, -0.2) is 30.6 Å². The summed E-state index contributed by atoms with van der Waals surface area (Å²) in [5, 5.41) is 64.2. The molecule has 6 N–H and O–H groups in total. The van der Waals surface area contributed by atoms with Crippen LogP contribution in [-0.2, 0) is 25.7 Å². The molecule has 4 aromatic carbocycles. The highest BCUT2D eigenvalue weighted by Crippen LogP contribution is 2.45. The maximum absolute atomic E-state index is 10.7. The first kappa shape index (κ1) is 31.1. The van der Waals surface area contributed by atoms with Crippen molar-refractivity contribution >= 4 is 34.8 Å². The second kappa shape index (κ2) is 12.7. The molecular weight excluding hydrogens is 631 g/mol. The van der Waals surface area contributed by atoms with Crippen LogP contribution in [0.15, 0.2) is 71.3 Å². The Morgan fingerprint density at radius 1 is 0.523 bits per heavy atom. The van der Waals surface area contributed by atoms with E-state index in [9.17, 15) is 30.6 Å². The van der Waals surface area contributed by atoms with E-state index in [1.165, 1.54) is 48.5 Å². The molecule has 8 nitrogen and oxygen atoms in total. The van der Waals surface area contributed by atoms with Gasteiger partial charge in [0.1, 0.15) is 23.0 Å². The summed E-state index contributed by atoms with van der Waals surface area (Å²) < 4.78 is 11.6. The van der Waals surface area contributed by atoms with E-state index in [-0.39, 0.29) is 86.8 Å². The van der Waals surface area contributed by atoms with Gasteiger partial charge in [0.2, 0.25) is 11.5 Å². The van der Waals surface area contributed by atoms with Gasteiger partial charge in [-0.3, -0.25) is 0 Å². The van der Waals surface area contributed by atoms with Crippen LogP contribution in [0.25, 0.3) is 0 Å². The number of halogens is 3. The summed E-state index contributed by atoms with van der Waals surface area (Å²) in [7, 11) is 0. The van der Waals surface area contributed by atoms with Gasteiger partial charge in [0.25, 0.3) is 0 Å². The SMILES string of the molecule is C/C1=C/Cc2cc(c(Cl)cc2O)Oc2c(O)cc(cc2O)C/C(Cl)=C\Cc2cc(c(Cl)cc2O)Oc2c(O)cc(cc2O)C1. The Balaban J connectivity index is 1.58. The minimum atomic E-state index is -0.352. The topological polar surface area (TPSA) is 140 Å². The third kappa shape index (κ3) is 6.89. The number of hydrogen-bond donors (Lipinski definition) is 6. The molecule has 0 saturated carbocycles. The van der Waals surface area contributed by atoms with Gasteiger partial charge in [0.05, 0.1) is 10.0 Å². The molecule has 0 spiro atoms. The lowest BCUT2D eigenvalue weighted by atomic mass is 10.0. The molecule has 4 aliphatic rings. The first-order valence-corrected chi connectivity index (χ1v) is 14.5. The van der Waals surface area contributed by atoms with Crippen LogP contribution in [0.1, 0.15) is 29.2 Å². The van der Waals surface area contributed by atoms with Gasteiger partial charge in [0.15, 0.2) is 23.0 Å². The fraction of sp³-hybridized carbons (Fsp3) is 0.152. The molecule has 0 aromatic heterocycles. The number of rotatable bonds is 0. The lowest BCUT2D eigenvalue weighted by Crippen LogP contribution is -1.95. The number of ether oxygens (including phenoxy) is 2. The standard InChI is InChI=1S/C33H27Cl3O8/c1-16-2-3-19-12-30(22(35)14-24(19)37)43-33-28(41)10-18(11-29(33)42)7-21(34)5-4-20-13-31(23(36)15-25(20)38)44-32-26(39)8-17(6-16)9-27(32)40/h2,5,8-15,37-42H,3-4,6-7H2,1H3/b16-2-,21-5+. The minimum Gasteiger partial charge on any atom is -0.508 e. The van der Waals surface area contributed by atoms with Gasteiger partial charge < -0.3 is 40.1 Å². The van der Waals surface area contributed by atoms with E-state index in [0.29, 0.717) is 33.7 Å². The van der Waals surface area contributed by atoms with Crippen molar-refractivity contribution in [2.75, 3.05) is 0 Å². The molecule has 0 atom stereocenters. The summed E-state index contributed by atoms with van der Waals surface area (Å²) in [6.45, 7) is 1.85. The van der Waals surface area contributed by atoms with Crippen LogP contribution in [0.2, 0.25) is 10.0 Å². The lowest BCUT2D eigenvalue weighted by Gasteiger charge is -2.15. The van der Waals surface area contributed by atoms with Crippen LogP contribution in [0.4, 0.5) is 0 Å². The molecule has 0 unspecified atom stereocenters. The molecule has 44 heavy (non-hydrogen) atoms. The fourth-order valence-corrected chi connectivity index (χ4v) is 5.39. The molecule has 0 amide bonds. The molecule has 8 rings (SSSR count). The van der Waals surface area contributed by atoms with E-state index in [4.69, 9.17) is 44.3 Å². The Bertz CT molecular complexity index is 1650. The third-order valence-corrected chi connectivity index (χ3v) is 7.86. The van der Waals surface area contributed by atoms with E-state index in [0.717, 1.165) is 5.57 Å². The van der Waals surface area contributed by atoms with Crippen LogP contribution in [0, 0.1) is 0 Å². The van der Waals surface area contributed by atoms with Crippen LogP contribution in [0.3, 0.4) is 0 Å². The van der Waals surface area contributed by atoms with Crippen molar-refractivity contribution in [2.24, 2.45) is 0 Å². The van der Waals surface area contributed by atoms with Crippen molar-refractivity contribution < 1.29 is 40.1 Å². The number of benzene rings is 4. The monoisotopic (exact) mass is 656 g/mol. The highest BCUT2D eigenvalue weighted by molar-refractivity contribution is 6.32. The van der Waals surface area contributed by atoms with Gasteiger partial charge in [-0.25, -0.2) is 0 Å². The van der Waals surface area contributed by atoms with Crippen molar-refractivity contribution in [2.45, 2.75) is 32.6 Å². The predicted molar refractivity (Wildman–Crippen MR) is 168 cm³/mol. The van der Waals surface area contributed by atoms with Crippen LogP contribution in [0.5, 0.6) is 57.5 Å². The Morgan fingerprint density at radius 2 is 0.932 bits per heavy atom. The molecular formula is C33H27Cl3O8. The molecule has 11 heteroatoms. The van der Waals surface area contributed by atoms with E-state index < -0.39 is 0 Å². The Hall–Kier alpha value is -4.37. The van der Waals surface area contributed by atoms with Gasteiger partial charge in [-0.1, -0.05) is 52.5 Å². The average molecular weight is 658 g/mol. The molecule has 4 heterocycles. The van der Waals surface area contributed by atoms with E-state index in [2.05, 4.69) is 0 Å². The largest absolute Gasteiger partial charge is 0.508 e. The Labute approximate surface area is 267 Å². The normalized spacial score (nSPS) is 16.2. The molecule has 0 saturated heterocycles. The first-order chi connectivity index (χ1) is 20.9. The Morgan fingerprint density at radius 3 is 1.39 bits per heavy atom. The number of phenolic OH excluding ortho intramolecular Hbond substituents is 6. The smallest absolute Gasteiger partial charge is 0.210 e. The zero-order chi connectivity index (χ0) is 31.7. The number of phenols is 6. The number of hydrogen-bond acceptors (Lipinski definition) is 8. The van der Waals surface area contributed by atoms with Crippen molar-refractivity contribution in [3.05, 3.63) is 104 Å². The fourth-order valence-electron chi connectivity index (χ4n) is 4.76. The Kier molecular flexibility index (Phi) is 8.97. The van der Waals surface area contributed by atoms with Crippen LogP contribution >= 0.6 is 34.8 Å². The molecule has 0 radical (unpaired) electrons. The minimum absolute atomic E-state index is 0.0475. The third-order valence-electron chi connectivity index (χ3n) is 6.98. The molecule has 4 aromatic rings. The van der Waals surface area contributed by atoms with Crippen molar-refractivity contribution in [1.29, 1.82) is 0 Å². The predicted octanol–water partition coefficient (Wildman–Crippen LogP) is 8.76. The molecule has 8 bridgehead atoms. The van der Waals surface area contributed by atoms with Gasteiger partial charge in [0, 0.05) is 34.7 Å². The van der Waals surface area contributed by atoms with E-state index >= 15 is 0 Å². The quantitative estimate of drug-likeness (QED) is 0.103. The molecule has 228 valence electrons. The molecule has 0 fully saturated rings. The first-order valence-electron chi connectivity index (χ1n) is 13.4. The second-order valence-electron chi connectivity index (χ2n) is 10.4. The van der Waals surface area contributed by atoms with Gasteiger partial charge in [-0.15, -0.1) is 0 Å². The summed E-state index contributed by atoms with van der Waals surface area (Å²) in [6, 6.07) is 11.3. The zero-order valence-corrected chi connectivity index (χ0v) is 25.5. The van der Waals surface area contributed by atoms with Crippen LogP contribution < -0.4 is 9.47 Å². The summed E-state index contributed by atoms with van der Waals surface area (Å²) in [6.07, 6.45) is 4.38.